The molecule has 0 aromatic heterocycles. The molecule has 0 radical (unpaired) electrons. The lowest BCUT2D eigenvalue weighted by Gasteiger charge is -2.16. The third-order valence-corrected chi connectivity index (χ3v) is 7.08. The Morgan fingerprint density at radius 1 is 0.472 bits per heavy atom. The molecule has 0 saturated heterocycles. The molecule has 0 heterocycles. The molecule has 0 atom stereocenters. The number of hydrogen-bond donors (Lipinski definition) is 0. The van der Waals surface area contributed by atoms with E-state index in [2.05, 4.69) is 147 Å². The Hall–Kier alpha value is -4.48. The van der Waals surface area contributed by atoms with Crippen molar-refractivity contribution in [1.29, 1.82) is 0 Å². The molecule has 174 valence electrons. The van der Waals surface area contributed by atoms with E-state index in [1.54, 1.807) is 0 Å². The second kappa shape index (κ2) is 8.63. The zero-order chi connectivity index (χ0) is 24.8. The molecule has 0 saturated carbocycles. The monoisotopic (exact) mass is 464 g/mol. The van der Waals surface area contributed by atoms with Gasteiger partial charge in [0.05, 0.1) is 0 Å². The van der Waals surface area contributed by atoms with Gasteiger partial charge in [0.2, 0.25) is 0 Å². The molecule has 0 bridgehead atoms. The molecule has 0 aliphatic rings. The zero-order valence-electron chi connectivity index (χ0n) is 21.1. The van der Waals surface area contributed by atoms with E-state index in [0.29, 0.717) is 0 Å². The van der Waals surface area contributed by atoms with E-state index in [-0.39, 0.29) is 0 Å². The van der Waals surface area contributed by atoms with E-state index >= 15 is 0 Å². The predicted molar refractivity (Wildman–Crippen MR) is 157 cm³/mol. The van der Waals surface area contributed by atoms with Gasteiger partial charge in [-0.25, -0.2) is 0 Å². The first-order valence-electron chi connectivity index (χ1n) is 12.3. The first-order chi connectivity index (χ1) is 17.5. The summed E-state index contributed by atoms with van der Waals surface area (Å²) >= 11 is 0. The highest BCUT2D eigenvalue weighted by molar-refractivity contribution is 6.26. The second-order valence-corrected chi connectivity index (χ2v) is 9.78. The molecule has 0 spiro atoms. The van der Waals surface area contributed by atoms with Gasteiger partial charge in [0.15, 0.2) is 0 Å². The Kier molecular flexibility index (Phi) is 5.28. The smallest absolute Gasteiger partial charge is 0.0361 e. The van der Waals surface area contributed by atoms with Crippen LogP contribution in [0.5, 0.6) is 0 Å². The molecule has 0 amide bonds. The summed E-state index contributed by atoms with van der Waals surface area (Å²) in [6, 6.07) is 35.1. The molecule has 36 heavy (non-hydrogen) atoms. The van der Waals surface area contributed by atoms with E-state index < -0.39 is 0 Å². The minimum absolute atomic E-state index is 1.02. The maximum Gasteiger partial charge on any atom is 0.0361 e. The van der Waals surface area contributed by atoms with Crippen LogP contribution in [0.2, 0.25) is 0 Å². The number of hydrogen-bond acceptors (Lipinski definition) is 2. The molecular weight excluding hydrogens is 436 g/mol. The first kappa shape index (κ1) is 22.0. The van der Waals surface area contributed by atoms with E-state index in [9.17, 15) is 0 Å². The van der Waals surface area contributed by atoms with Gasteiger partial charge in [-0.05, 0) is 85.9 Å². The predicted octanol–water partition coefficient (Wildman–Crippen LogP) is 7.78. The van der Waals surface area contributed by atoms with Crippen LogP contribution in [-0.2, 0) is 0 Å². The Morgan fingerprint density at radius 2 is 1.00 bits per heavy atom. The highest BCUT2D eigenvalue weighted by Crippen LogP contribution is 2.40. The number of nitrogens with zero attached hydrogens (tertiary/aromatic N) is 2. The normalized spacial score (nSPS) is 11.1. The number of rotatable bonds is 3. The molecule has 0 unspecified atom stereocenters. The summed E-state index contributed by atoms with van der Waals surface area (Å²) in [6.07, 6.45) is 0. The van der Waals surface area contributed by atoms with Gasteiger partial charge in [-0.3, -0.25) is 0 Å². The van der Waals surface area contributed by atoms with Gasteiger partial charge in [-0.1, -0.05) is 66.4 Å². The van der Waals surface area contributed by atoms with Crippen LogP contribution in [0.1, 0.15) is 11.1 Å². The van der Waals surface area contributed by atoms with Crippen molar-refractivity contribution in [1.82, 2.24) is 0 Å². The lowest BCUT2D eigenvalue weighted by atomic mass is 9.88. The van der Waals surface area contributed by atoms with Crippen LogP contribution in [-0.4, -0.2) is 28.2 Å². The van der Waals surface area contributed by atoms with Gasteiger partial charge in [-0.2, -0.15) is 0 Å². The lowest BCUT2D eigenvalue weighted by molar-refractivity contribution is 1.13. The molecule has 6 aromatic rings. The summed E-state index contributed by atoms with van der Waals surface area (Å²) in [5.74, 6) is 6.84. The Bertz CT molecular complexity index is 1760. The quantitative estimate of drug-likeness (QED) is 0.195. The Labute approximate surface area is 212 Å². The van der Waals surface area contributed by atoms with Gasteiger partial charge in [0.1, 0.15) is 0 Å². The van der Waals surface area contributed by atoms with Gasteiger partial charge < -0.3 is 9.80 Å². The lowest BCUT2D eigenvalue weighted by Crippen LogP contribution is -2.07. The summed E-state index contributed by atoms with van der Waals surface area (Å²) in [7, 11) is 8.25. The van der Waals surface area contributed by atoms with Crippen molar-refractivity contribution < 1.29 is 0 Å². The minimum atomic E-state index is 1.02. The van der Waals surface area contributed by atoms with Crippen LogP contribution in [0, 0.1) is 11.8 Å². The third kappa shape index (κ3) is 3.70. The summed E-state index contributed by atoms with van der Waals surface area (Å²) in [5, 5.41) is 7.63. The first-order valence-corrected chi connectivity index (χ1v) is 12.3. The molecule has 0 fully saturated rings. The van der Waals surface area contributed by atoms with Gasteiger partial charge in [-0.15, -0.1) is 0 Å². The fourth-order valence-electron chi connectivity index (χ4n) is 5.08. The summed E-state index contributed by atoms with van der Waals surface area (Å²) in [5.41, 5.74) is 6.97. The highest BCUT2D eigenvalue weighted by atomic mass is 15.1. The van der Waals surface area contributed by atoms with Crippen LogP contribution in [0.3, 0.4) is 0 Å². The van der Waals surface area contributed by atoms with Crippen LogP contribution >= 0.6 is 0 Å². The molecule has 2 nitrogen and oxygen atoms in total. The van der Waals surface area contributed by atoms with Crippen molar-refractivity contribution in [2.24, 2.45) is 0 Å². The summed E-state index contributed by atoms with van der Waals surface area (Å²) < 4.78 is 0. The van der Waals surface area contributed by atoms with E-state index in [1.807, 2.05) is 0 Å². The number of benzene rings is 6. The third-order valence-electron chi connectivity index (χ3n) is 7.08. The number of anilines is 2. The van der Waals surface area contributed by atoms with Gasteiger partial charge >= 0.3 is 0 Å². The molecule has 0 aliphatic heterocycles. The van der Waals surface area contributed by atoms with Crippen LogP contribution in [0.15, 0.2) is 97.1 Å². The van der Waals surface area contributed by atoms with Crippen molar-refractivity contribution in [2.75, 3.05) is 38.0 Å². The standard InChI is InChI=1S/C34H28N2/c1-35(2)28-16-6-23(7-17-28)5-8-25-9-10-26-15-22-32-30(24-11-18-29(19-12-24)36(3)4)20-13-27-14-21-31(25)33(26)34(27)32/h6-7,9-22H,1-4H3. The minimum Gasteiger partial charge on any atom is -0.378 e. The molecule has 0 aliphatic carbocycles. The largest absolute Gasteiger partial charge is 0.378 e. The maximum atomic E-state index is 3.46. The summed E-state index contributed by atoms with van der Waals surface area (Å²) in [4.78, 5) is 4.23. The van der Waals surface area contributed by atoms with Crippen molar-refractivity contribution in [3.05, 3.63) is 108 Å². The van der Waals surface area contributed by atoms with Crippen molar-refractivity contribution in [3.63, 3.8) is 0 Å². The fraction of sp³-hybridized carbons (Fsp3) is 0.118. The van der Waals surface area contributed by atoms with Gasteiger partial charge in [0, 0.05) is 50.7 Å². The Balaban J connectivity index is 1.51. The molecule has 2 heteroatoms. The molecule has 0 N–H and O–H groups in total. The van der Waals surface area contributed by atoms with Crippen molar-refractivity contribution in [2.45, 2.75) is 0 Å². The van der Waals surface area contributed by atoms with Crippen molar-refractivity contribution in [3.8, 4) is 23.0 Å². The average molecular weight is 465 g/mol. The van der Waals surface area contributed by atoms with Crippen LogP contribution in [0.4, 0.5) is 11.4 Å². The van der Waals surface area contributed by atoms with E-state index in [1.165, 1.54) is 54.8 Å². The highest BCUT2D eigenvalue weighted by Gasteiger charge is 2.13. The van der Waals surface area contributed by atoms with Crippen molar-refractivity contribution >= 4 is 43.7 Å². The van der Waals surface area contributed by atoms with E-state index in [4.69, 9.17) is 0 Å². The van der Waals surface area contributed by atoms with Crippen LogP contribution < -0.4 is 9.80 Å². The SMILES string of the molecule is CN(C)c1ccc(C#Cc2ccc3ccc4c(-c5ccc(N(C)C)cc5)ccc5ccc2c3c54)cc1. The molecular formula is C34H28N2. The van der Waals surface area contributed by atoms with E-state index in [0.717, 1.165) is 11.1 Å². The molecule has 6 rings (SSSR count). The summed E-state index contributed by atoms with van der Waals surface area (Å²) in [6.45, 7) is 0. The Morgan fingerprint density at radius 3 is 1.64 bits per heavy atom. The molecule has 6 aromatic carbocycles. The maximum absolute atomic E-state index is 3.46. The topological polar surface area (TPSA) is 6.48 Å². The van der Waals surface area contributed by atoms with Crippen LogP contribution in [0.25, 0.3) is 43.4 Å². The second-order valence-electron chi connectivity index (χ2n) is 9.78. The average Bonchev–Trinajstić information content (AvgIpc) is 2.91. The zero-order valence-corrected chi connectivity index (χ0v) is 21.1. The fourth-order valence-corrected chi connectivity index (χ4v) is 5.08. The van der Waals surface area contributed by atoms with Gasteiger partial charge in [0.25, 0.3) is 0 Å².